The molecule has 0 radical (unpaired) electrons. The first-order chi connectivity index (χ1) is 6.88. The molecule has 14 heavy (non-hydrogen) atoms. The van der Waals surface area contributed by atoms with Gasteiger partial charge in [-0.3, -0.25) is 4.68 Å². The van der Waals surface area contributed by atoms with Crippen molar-refractivity contribution in [3.63, 3.8) is 0 Å². The van der Waals surface area contributed by atoms with Gasteiger partial charge < -0.3 is 5.32 Å². The van der Waals surface area contributed by atoms with Gasteiger partial charge in [0.05, 0.1) is 5.69 Å². The van der Waals surface area contributed by atoms with Crippen LogP contribution in [0.25, 0.3) is 0 Å². The molecule has 1 rings (SSSR count). The summed E-state index contributed by atoms with van der Waals surface area (Å²) in [5, 5.41) is 7.62. The van der Waals surface area contributed by atoms with Crippen LogP contribution in [0.5, 0.6) is 0 Å². The monoisotopic (exact) mass is 213 g/mol. The van der Waals surface area contributed by atoms with Crippen molar-refractivity contribution < 1.29 is 0 Å². The van der Waals surface area contributed by atoms with Gasteiger partial charge in [-0.1, -0.05) is 6.92 Å². The van der Waals surface area contributed by atoms with Crippen molar-refractivity contribution in [1.82, 2.24) is 15.1 Å². The molecular weight excluding hydrogens is 194 g/mol. The fourth-order valence-electron chi connectivity index (χ4n) is 1.32. The normalized spacial score (nSPS) is 10.7. The second kappa shape index (κ2) is 6.90. The Bertz CT molecular complexity index is 247. The van der Waals surface area contributed by atoms with Gasteiger partial charge >= 0.3 is 0 Å². The van der Waals surface area contributed by atoms with Crippen LogP contribution in [0, 0.1) is 0 Å². The predicted molar refractivity (Wildman–Crippen MR) is 62.6 cm³/mol. The molecule has 0 saturated heterocycles. The minimum Gasteiger partial charge on any atom is -0.311 e. The van der Waals surface area contributed by atoms with E-state index in [1.54, 1.807) is 0 Å². The Kier molecular flexibility index (Phi) is 5.71. The molecule has 0 bridgehead atoms. The van der Waals surface area contributed by atoms with E-state index in [9.17, 15) is 0 Å². The Morgan fingerprint density at radius 3 is 3.14 bits per heavy atom. The molecule has 0 spiro atoms. The number of aromatic nitrogens is 2. The molecule has 4 heteroatoms. The maximum Gasteiger partial charge on any atom is 0.0522 e. The number of thioether (sulfide) groups is 1. The van der Waals surface area contributed by atoms with E-state index in [2.05, 4.69) is 34.3 Å². The summed E-state index contributed by atoms with van der Waals surface area (Å²) in [5.74, 6) is 1.21. The minimum absolute atomic E-state index is 0.926. The van der Waals surface area contributed by atoms with Crippen LogP contribution < -0.4 is 5.32 Å². The second-order valence-electron chi connectivity index (χ2n) is 3.17. The summed E-state index contributed by atoms with van der Waals surface area (Å²) in [6.07, 6.45) is 5.22. The first-order valence-electron chi connectivity index (χ1n) is 5.08. The fourth-order valence-corrected chi connectivity index (χ4v) is 1.74. The standard InChI is InChI=1S/C10H19N3S/c1-3-11-9-10-5-6-12-13(10)7-4-8-14-2/h5-6,11H,3-4,7-9H2,1-2H3. The Morgan fingerprint density at radius 1 is 1.57 bits per heavy atom. The number of nitrogens with zero attached hydrogens (tertiary/aromatic N) is 2. The second-order valence-corrected chi connectivity index (χ2v) is 4.16. The molecule has 0 aromatic carbocycles. The van der Waals surface area contributed by atoms with E-state index in [0.29, 0.717) is 0 Å². The van der Waals surface area contributed by atoms with Crippen LogP contribution >= 0.6 is 11.8 Å². The third-order valence-electron chi connectivity index (χ3n) is 2.08. The topological polar surface area (TPSA) is 29.9 Å². The average Bonchev–Trinajstić information content (AvgIpc) is 2.63. The van der Waals surface area contributed by atoms with Crippen LogP contribution in [0.1, 0.15) is 19.0 Å². The summed E-state index contributed by atoms with van der Waals surface area (Å²) in [7, 11) is 0. The Balaban J connectivity index is 2.37. The number of rotatable bonds is 7. The predicted octanol–water partition coefficient (Wildman–Crippen LogP) is 1.75. The van der Waals surface area contributed by atoms with Gasteiger partial charge in [0.25, 0.3) is 0 Å². The van der Waals surface area contributed by atoms with Crippen LogP contribution in [-0.2, 0) is 13.1 Å². The molecule has 80 valence electrons. The molecule has 0 saturated carbocycles. The van der Waals surface area contributed by atoms with Gasteiger partial charge in [-0.2, -0.15) is 16.9 Å². The highest BCUT2D eigenvalue weighted by molar-refractivity contribution is 7.98. The fraction of sp³-hybridized carbons (Fsp3) is 0.700. The number of hydrogen-bond acceptors (Lipinski definition) is 3. The zero-order chi connectivity index (χ0) is 10.2. The van der Waals surface area contributed by atoms with Crippen LogP contribution in [0.4, 0.5) is 0 Å². The van der Waals surface area contributed by atoms with E-state index in [1.165, 1.54) is 17.9 Å². The largest absolute Gasteiger partial charge is 0.311 e. The molecule has 0 fully saturated rings. The lowest BCUT2D eigenvalue weighted by atomic mass is 10.4. The first-order valence-corrected chi connectivity index (χ1v) is 6.48. The van der Waals surface area contributed by atoms with Crippen molar-refractivity contribution in [2.75, 3.05) is 18.6 Å². The minimum atomic E-state index is 0.926. The molecule has 0 aliphatic carbocycles. The number of nitrogens with one attached hydrogen (secondary N) is 1. The molecule has 0 amide bonds. The summed E-state index contributed by atoms with van der Waals surface area (Å²) >= 11 is 1.89. The molecule has 3 nitrogen and oxygen atoms in total. The average molecular weight is 213 g/mol. The van der Waals surface area contributed by atoms with Crippen LogP contribution in [0.15, 0.2) is 12.3 Å². The molecule has 0 unspecified atom stereocenters. The lowest BCUT2D eigenvalue weighted by Crippen LogP contribution is -2.16. The van der Waals surface area contributed by atoms with Gasteiger partial charge in [-0.05, 0) is 31.0 Å². The van der Waals surface area contributed by atoms with Crippen molar-refractivity contribution in [1.29, 1.82) is 0 Å². The SMILES string of the molecule is CCNCc1ccnn1CCCSC. The van der Waals surface area contributed by atoms with E-state index in [4.69, 9.17) is 0 Å². The van der Waals surface area contributed by atoms with Gasteiger partial charge in [0.1, 0.15) is 0 Å². The molecule has 1 aromatic heterocycles. The summed E-state index contributed by atoms with van der Waals surface area (Å²) < 4.78 is 2.10. The summed E-state index contributed by atoms with van der Waals surface area (Å²) in [4.78, 5) is 0. The Morgan fingerprint density at radius 2 is 2.43 bits per heavy atom. The zero-order valence-corrected chi connectivity index (χ0v) is 9.81. The highest BCUT2D eigenvalue weighted by Crippen LogP contribution is 2.02. The summed E-state index contributed by atoms with van der Waals surface area (Å²) in [6, 6.07) is 2.09. The molecule has 0 aliphatic heterocycles. The third-order valence-corrected chi connectivity index (χ3v) is 2.78. The van der Waals surface area contributed by atoms with Gasteiger partial charge in [0.2, 0.25) is 0 Å². The first kappa shape index (κ1) is 11.6. The van der Waals surface area contributed by atoms with E-state index < -0.39 is 0 Å². The number of hydrogen-bond donors (Lipinski definition) is 1. The molecule has 0 aliphatic rings. The van der Waals surface area contributed by atoms with Crippen molar-refractivity contribution in [3.8, 4) is 0 Å². The maximum absolute atomic E-state index is 4.31. The Hall–Kier alpha value is -0.480. The number of aryl methyl sites for hydroxylation is 1. The molecule has 0 atom stereocenters. The summed E-state index contributed by atoms with van der Waals surface area (Å²) in [5.41, 5.74) is 1.29. The molecule has 1 aromatic rings. The smallest absolute Gasteiger partial charge is 0.0522 e. The van der Waals surface area contributed by atoms with E-state index in [1.807, 2.05) is 18.0 Å². The van der Waals surface area contributed by atoms with Crippen LogP contribution in [0.3, 0.4) is 0 Å². The van der Waals surface area contributed by atoms with Crippen molar-refractivity contribution in [3.05, 3.63) is 18.0 Å². The van der Waals surface area contributed by atoms with Gasteiger partial charge in [0, 0.05) is 19.3 Å². The van der Waals surface area contributed by atoms with E-state index in [-0.39, 0.29) is 0 Å². The van der Waals surface area contributed by atoms with Gasteiger partial charge in [-0.25, -0.2) is 0 Å². The van der Waals surface area contributed by atoms with Crippen molar-refractivity contribution in [2.45, 2.75) is 26.4 Å². The zero-order valence-electron chi connectivity index (χ0n) is 8.99. The quantitative estimate of drug-likeness (QED) is 0.700. The van der Waals surface area contributed by atoms with E-state index >= 15 is 0 Å². The van der Waals surface area contributed by atoms with E-state index in [0.717, 1.165) is 19.6 Å². The van der Waals surface area contributed by atoms with Crippen molar-refractivity contribution in [2.24, 2.45) is 0 Å². The third kappa shape index (κ3) is 3.72. The van der Waals surface area contributed by atoms with Crippen LogP contribution in [0.2, 0.25) is 0 Å². The maximum atomic E-state index is 4.31. The Labute approximate surface area is 90.3 Å². The van der Waals surface area contributed by atoms with Gasteiger partial charge in [-0.15, -0.1) is 0 Å². The van der Waals surface area contributed by atoms with Gasteiger partial charge in [0.15, 0.2) is 0 Å². The summed E-state index contributed by atoms with van der Waals surface area (Å²) in [6.45, 7) is 5.09. The van der Waals surface area contributed by atoms with Crippen molar-refractivity contribution >= 4 is 11.8 Å². The lowest BCUT2D eigenvalue weighted by molar-refractivity contribution is 0.557. The molecular formula is C10H19N3S. The molecule has 1 N–H and O–H groups in total. The highest BCUT2D eigenvalue weighted by atomic mass is 32.2. The molecule has 1 heterocycles. The lowest BCUT2D eigenvalue weighted by Gasteiger charge is -2.06. The van der Waals surface area contributed by atoms with Crippen LogP contribution in [-0.4, -0.2) is 28.3 Å². The highest BCUT2D eigenvalue weighted by Gasteiger charge is 2.00.